The van der Waals surface area contributed by atoms with E-state index in [-0.39, 0.29) is 25.2 Å². The van der Waals surface area contributed by atoms with Gasteiger partial charge in [0.05, 0.1) is 0 Å². The molecule has 0 aromatic heterocycles. The molecule has 1 rings (SSSR count). The number of aliphatic carboxylic acids is 1. The van der Waals surface area contributed by atoms with Crippen molar-refractivity contribution in [2.75, 3.05) is 13.6 Å². The molecule has 1 aliphatic heterocycles. The summed E-state index contributed by atoms with van der Waals surface area (Å²) in [6.45, 7) is 0.566. The minimum absolute atomic E-state index is 0.0434. The van der Waals surface area contributed by atoms with Gasteiger partial charge in [0.1, 0.15) is 6.04 Å². The van der Waals surface area contributed by atoms with Gasteiger partial charge in [0.25, 0.3) is 0 Å². The van der Waals surface area contributed by atoms with Crippen LogP contribution in [-0.4, -0.2) is 53.5 Å². The first-order valence-electron chi connectivity index (χ1n) is 5.97. The van der Waals surface area contributed by atoms with Crippen LogP contribution in [0.25, 0.3) is 0 Å². The Morgan fingerprint density at radius 3 is 2.58 bits per heavy atom. The van der Waals surface area contributed by atoms with Gasteiger partial charge in [0.15, 0.2) is 0 Å². The van der Waals surface area contributed by atoms with Gasteiger partial charge < -0.3 is 15.3 Å². The quantitative estimate of drug-likeness (QED) is 0.611. The van der Waals surface area contributed by atoms with E-state index in [2.05, 4.69) is 10.6 Å². The lowest BCUT2D eigenvalue weighted by Gasteiger charge is -2.12. The summed E-state index contributed by atoms with van der Waals surface area (Å²) in [4.78, 5) is 46.0. The topological polar surface area (TPSA) is 116 Å². The summed E-state index contributed by atoms with van der Waals surface area (Å²) >= 11 is 0. The second-order valence-electron chi connectivity index (χ2n) is 4.37. The third-order valence-electron chi connectivity index (χ3n) is 2.78. The molecule has 0 saturated carbocycles. The van der Waals surface area contributed by atoms with E-state index in [9.17, 15) is 19.2 Å². The maximum Gasteiger partial charge on any atom is 0.322 e. The van der Waals surface area contributed by atoms with E-state index < -0.39 is 23.9 Å². The summed E-state index contributed by atoms with van der Waals surface area (Å²) in [5, 5.41) is 12.9. The minimum atomic E-state index is -0.989. The van der Waals surface area contributed by atoms with Crippen LogP contribution in [0.3, 0.4) is 0 Å². The molecular formula is C11H17N3O5. The fraction of sp³-hybridized carbons (Fsp3) is 0.636. The molecule has 1 fully saturated rings. The van der Waals surface area contributed by atoms with E-state index in [0.717, 1.165) is 0 Å². The van der Waals surface area contributed by atoms with Gasteiger partial charge in [-0.05, 0) is 12.8 Å². The van der Waals surface area contributed by atoms with Crippen LogP contribution in [0.15, 0.2) is 0 Å². The molecule has 1 atom stereocenters. The van der Waals surface area contributed by atoms with Gasteiger partial charge in [-0.15, -0.1) is 0 Å². The molecule has 1 unspecified atom stereocenters. The van der Waals surface area contributed by atoms with Crippen LogP contribution < -0.4 is 10.6 Å². The molecule has 8 nitrogen and oxygen atoms in total. The number of carboxylic acids is 1. The average Bonchev–Trinajstić information content (AvgIpc) is 2.60. The number of urea groups is 1. The fourth-order valence-electron chi connectivity index (χ4n) is 1.74. The molecule has 106 valence electrons. The van der Waals surface area contributed by atoms with Crippen molar-refractivity contribution in [3.63, 3.8) is 0 Å². The normalized spacial score (nSPS) is 18.3. The molecule has 0 bridgehead atoms. The molecule has 19 heavy (non-hydrogen) atoms. The smallest absolute Gasteiger partial charge is 0.322 e. The lowest BCUT2D eigenvalue weighted by Crippen LogP contribution is -2.47. The van der Waals surface area contributed by atoms with Crippen LogP contribution in [0, 0.1) is 0 Å². The lowest BCUT2D eigenvalue weighted by atomic mass is 10.2. The molecule has 3 N–H and O–H groups in total. The maximum atomic E-state index is 11.5. The van der Waals surface area contributed by atoms with Crippen LogP contribution >= 0.6 is 0 Å². The van der Waals surface area contributed by atoms with Crippen molar-refractivity contribution in [1.29, 1.82) is 0 Å². The molecular weight excluding hydrogens is 254 g/mol. The van der Waals surface area contributed by atoms with Crippen molar-refractivity contribution < 1.29 is 24.3 Å². The Labute approximate surface area is 110 Å². The number of carboxylic acid groups (broad SMARTS) is 1. The fourth-order valence-corrected chi connectivity index (χ4v) is 1.74. The highest BCUT2D eigenvalue weighted by molar-refractivity contribution is 5.96. The SMILES string of the molecule is CN1CCC(NC(=O)NC(=O)CCCC(=O)O)C1=O. The highest BCUT2D eigenvalue weighted by Gasteiger charge is 2.30. The first-order chi connectivity index (χ1) is 8.90. The van der Waals surface area contributed by atoms with Crippen LogP contribution in [0.5, 0.6) is 0 Å². The third kappa shape index (κ3) is 4.94. The van der Waals surface area contributed by atoms with E-state index >= 15 is 0 Å². The molecule has 0 aromatic rings. The number of nitrogens with zero attached hydrogens (tertiary/aromatic N) is 1. The predicted octanol–water partition coefficient (Wildman–Crippen LogP) is -0.702. The number of nitrogens with one attached hydrogen (secondary N) is 2. The van der Waals surface area contributed by atoms with Gasteiger partial charge in [0.2, 0.25) is 11.8 Å². The summed E-state index contributed by atoms with van der Waals surface area (Å²) in [5.41, 5.74) is 0. The number of hydrogen-bond acceptors (Lipinski definition) is 4. The number of rotatable bonds is 5. The van der Waals surface area contributed by atoms with Gasteiger partial charge in [-0.1, -0.05) is 0 Å². The van der Waals surface area contributed by atoms with Crippen molar-refractivity contribution in [3.05, 3.63) is 0 Å². The Kier molecular flexibility index (Phi) is 5.28. The second-order valence-corrected chi connectivity index (χ2v) is 4.37. The van der Waals surface area contributed by atoms with Crippen molar-refractivity contribution in [1.82, 2.24) is 15.5 Å². The molecule has 0 spiro atoms. The zero-order valence-corrected chi connectivity index (χ0v) is 10.6. The van der Waals surface area contributed by atoms with Gasteiger partial charge in [-0.3, -0.25) is 19.7 Å². The molecule has 0 radical (unpaired) electrons. The Balaban J connectivity index is 2.25. The van der Waals surface area contributed by atoms with E-state index in [1.54, 1.807) is 7.05 Å². The largest absolute Gasteiger partial charge is 0.481 e. The Hall–Kier alpha value is -2.12. The van der Waals surface area contributed by atoms with Crippen LogP contribution in [0.4, 0.5) is 4.79 Å². The highest BCUT2D eigenvalue weighted by atomic mass is 16.4. The number of likely N-dealkylation sites (tertiary alicyclic amines) is 1. The highest BCUT2D eigenvalue weighted by Crippen LogP contribution is 2.07. The number of hydrogen-bond donors (Lipinski definition) is 3. The molecule has 1 saturated heterocycles. The first-order valence-corrected chi connectivity index (χ1v) is 5.97. The zero-order valence-electron chi connectivity index (χ0n) is 10.6. The first kappa shape index (κ1) is 14.9. The summed E-state index contributed by atoms with van der Waals surface area (Å²) < 4.78 is 0. The lowest BCUT2D eigenvalue weighted by molar-refractivity contribution is -0.137. The van der Waals surface area contributed by atoms with Gasteiger partial charge in [-0.2, -0.15) is 0 Å². The maximum absolute atomic E-state index is 11.5. The second kappa shape index (κ2) is 6.72. The van der Waals surface area contributed by atoms with Gasteiger partial charge >= 0.3 is 12.0 Å². The van der Waals surface area contributed by atoms with E-state index in [1.807, 2.05) is 0 Å². The molecule has 4 amide bonds. The summed E-state index contributed by atoms with van der Waals surface area (Å²) in [7, 11) is 1.64. The van der Waals surface area contributed by atoms with E-state index in [4.69, 9.17) is 5.11 Å². The molecule has 8 heteroatoms. The summed E-state index contributed by atoms with van der Waals surface area (Å²) in [6.07, 6.45) is 0.509. The predicted molar refractivity (Wildman–Crippen MR) is 64.2 cm³/mol. The number of amides is 4. The molecule has 1 aliphatic rings. The molecule has 0 aromatic carbocycles. The summed E-state index contributed by atoms with van der Waals surface area (Å²) in [5.74, 6) is -1.73. The molecule has 1 heterocycles. The average molecular weight is 271 g/mol. The van der Waals surface area contributed by atoms with Crippen molar-refractivity contribution in [2.24, 2.45) is 0 Å². The van der Waals surface area contributed by atoms with Crippen LogP contribution in [0.2, 0.25) is 0 Å². The van der Waals surface area contributed by atoms with Crippen molar-refractivity contribution in [3.8, 4) is 0 Å². The van der Waals surface area contributed by atoms with Crippen LogP contribution in [-0.2, 0) is 14.4 Å². The van der Waals surface area contributed by atoms with Crippen molar-refractivity contribution >= 4 is 23.8 Å². The Morgan fingerprint density at radius 1 is 1.37 bits per heavy atom. The van der Waals surface area contributed by atoms with Gasteiger partial charge in [-0.25, -0.2) is 4.79 Å². The minimum Gasteiger partial charge on any atom is -0.481 e. The number of imide groups is 1. The number of carbonyl (C=O) groups is 4. The van der Waals surface area contributed by atoms with Crippen LogP contribution in [0.1, 0.15) is 25.7 Å². The number of likely N-dealkylation sites (N-methyl/N-ethyl adjacent to an activating group) is 1. The monoisotopic (exact) mass is 271 g/mol. The standard InChI is InChI=1S/C11H17N3O5/c1-14-6-5-7(10(14)18)12-11(19)13-8(15)3-2-4-9(16)17/h7H,2-6H2,1H3,(H,16,17)(H2,12,13,15,19). The zero-order chi connectivity index (χ0) is 14.4. The summed E-state index contributed by atoms with van der Waals surface area (Å²) in [6, 6.07) is -1.33. The third-order valence-corrected chi connectivity index (χ3v) is 2.78. The van der Waals surface area contributed by atoms with Crippen molar-refractivity contribution in [2.45, 2.75) is 31.7 Å². The Bertz CT molecular complexity index is 396. The Morgan fingerprint density at radius 2 is 2.05 bits per heavy atom. The van der Waals surface area contributed by atoms with E-state index in [0.29, 0.717) is 13.0 Å². The molecule has 0 aliphatic carbocycles. The van der Waals surface area contributed by atoms with E-state index in [1.165, 1.54) is 4.90 Å². The number of carbonyl (C=O) groups excluding carboxylic acids is 3. The van der Waals surface area contributed by atoms with Gasteiger partial charge in [0, 0.05) is 26.4 Å².